The summed E-state index contributed by atoms with van der Waals surface area (Å²) in [6.07, 6.45) is 0.688. The molecule has 1 heterocycles. The van der Waals surface area contributed by atoms with Crippen LogP contribution in [0.15, 0.2) is 30.3 Å². The predicted octanol–water partition coefficient (Wildman–Crippen LogP) is 4.30. The highest BCUT2D eigenvalue weighted by molar-refractivity contribution is 6.33. The van der Waals surface area contributed by atoms with Gasteiger partial charge >= 0.3 is 0 Å². The molecule has 0 spiro atoms. The van der Waals surface area contributed by atoms with Gasteiger partial charge in [-0.25, -0.2) is 4.98 Å². The van der Waals surface area contributed by atoms with Crippen molar-refractivity contribution < 1.29 is 9.53 Å². The first-order valence-electron chi connectivity index (χ1n) is 5.15. The maximum Gasteiger partial charge on any atom is 0.220 e. The normalized spacial score (nSPS) is 10.2. The summed E-state index contributed by atoms with van der Waals surface area (Å²) >= 11 is 11.8. The van der Waals surface area contributed by atoms with Crippen LogP contribution in [0, 0.1) is 6.92 Å². The van der Waals surface area contributed by atoms with Crippen molar-refractivity contribution in [2.24, 2.45) is 0 Å². The molecule has 0 N–H and O–H groups in total. The van der Waals surface area contributed by atoms with Crippen molar-refractivity contribution in [1.82, 2.24) is 4.98 Å². The monoisotopic (exact) mass is 281 g/mol. The number of aryl methyl sites for hydroxylation is 1. The number of nitrogens with zero attached hydrogens (tertiary/aromatic N) is 1. The number of aromatic nitrogens is 1. The fourth-order valence-corrected chi connectivity index (χ4v) is 1.90. The summed E-state index contributed by atoms with van der Waals surface area (Å²) < 4.78 is 5.52. The number of pyridine rings is 1. The highest BCUT2D eigenvalue weighted by atomic mass is 35.5. The molecule has 0 aliphatic carbocycles. The zero-order chi connectivity index (χ0) is 13.1. The Bertz CT molecular complexity index is 579. The summed E-state index contributed by atoms with van der Waals surface area (Å²) in [5.41, 5.74) is 1.17. The first kappa shape index (κ1) is 12.9. The van der Waals surface area contributed by atoms with Crippen LogP contribution in [0.3, 0.4) is 0 Å². The van der Waals surface area contributed by atoms with E-state index < -0.39 is 0 Å². The fourth-order valence-electron chi connectivity index (χ4n) is 1.44. The van der Waals surface area contributed by atoms with Crippen molar-refractivity contribution in [2.75, 3.05) is 0 Å². The van der Waals surface area contributed by atoms with Crippen LogP contribution < -0.4 is 4.74 Å². The maximum absolute atomic E-state index is 10.6. The third-order valence-corrected chi connectivity index (χ3v) is 2.76. The van der Waals surface area contributed by atoms with E-state index in [1.165, 1.54) is 0 Å². The average Bonchev–Trinajstić information content (AvgIpc) is 2.27. The second kappa shape index (κ2) is 5.38. The lowest BCUT2D eigenvalue weighted by molar-refractivity contribution is 0.112. The number of hydrogen-bond acceptors (Lipinski definition) is 3. The van der Waals surface area contributed by atoms with Crippen LogP contribution in [-0.2, 0) is 0 Å². The second-order valence-corrected chi connectivity index (χ2v) is 4.51. The largest absolute Gasteiger partial charge is 0.439 e. The Kier molecular flexibility index (Phi) is 3.84. The summed E-state index contributed by atoms with van der Waals surface area (Å²) in [6, 6.07) is 8.13. The lowest BCUT2D eigenvalue weighted by Gasteiger charge is -2.07. The van der Waals surface area contributed by atoms with Gasteiger partial charge < -0.3 is 4.74 Å². The van der Waals surface area contributed by atoms with E-state index in [2.05, 4.69) is 4.98 Å². The van der Waals surface area contributed by atoms with Gasteiger partial charge in [-0.1, -0.05) is 23.2 Å². The topological polar surface area (TPSA) is 39.2 Å². The highest BCUT2D eigenvalue weighted by Crippen LogP contribution is 2.26. The van der Waals surface area contributed by atoms with Crippen LogP contribution in [-0.4, -0.2) is 11.3 Å². The molecule has 1 aromatic heterocycles. The van der Waals surface area contributed by atoms with Crippen molar-refractivity contribution in [3.05, 3.63) is 51.6 Å². The van der Waals surface area contributed by atoms with Gasteiger partial charge in [0.1, 0.15) is 5.75 Å². The summed E-state index contributed by atoms with van der Waals surface area (Å²) in [5.74, 6) is 0.884. The minimum absolute atomic E-state index is 0.334. The van der Waals surface area contributed by atoms with Crippen LogP contribution in [0.4, 0.5) is 0 Å². The zero-order valence-electron chi connectivity index (χ0n) is 9.48. The number of carbonyl (C=O) groups is 1. The SMILES string of the molecule is Cc1cc(Cl)cc(Oc2ccc(C=O)c(Cl)c2)n1. The van der Waals surface area contributed by atoms with Gasteiger partial charge in [0.25, 0.3) is 0 Å². The number of hydrogen-bond donors (Lipinski definition) is 0. The minimum Gasteiger partial charge on any atom is -0.439 e. The van der Waals surface area contributed by atoms with Crippen molar-refractivity contribution in [3.63, 3.8) is 0 Å². The summed E-state index contributed by atoms with van der Waals surface area (Å²) in [6.45, 7) is 1.82. The molecule has 2 aromatic rings. The van der Waals surface area contributed by atoms with Gasteiger partial charge in [-0.3, -0.25) is 4.79 Å². The lowest BCUT2D eigenvalue weighted by atomic mass is 10.2. The molecule has 0 saturated heterocycles. The van der Waals surface area contributed by atoms with E-state index in [9.17, 15) is 4.79 Å². The quantitative estimate of drug-likeness (QED) is 0.788. The lowest BCUT2D eigenvalue weighted by Crippen LogP contribution is -1.91. The molecule has 0 atom stereocenters. The van der Waals surface area contributed by atoms with Crippen molar-refractivity contribution >= 4 is 29.5 Å². The Balaban J connectivity index is 2.28. The molecule has 0 unspecified atom stereocenters. The molecule has 0 aliphatic heterocycles. The van der Waals surface area contributed by atoms with E-state index in [-0.39, 0.29) is 0 Å². The molecule has 0 amide bonds. The van der Waals surface area contributed by atoms with E-state index in [0.717, 1.165) is 5.69 Å². The van der Waals surface area contributed by atoms with Gasteiger partial charge in [-0.05, 0) is 25.1 Å². The van der Waals surface area contributed by atoms with E-state index in [0.29, 0.717) is 33.5 Å². The van der Waals surface area contributed by atoms with E-state index in [4.69, 9.17) is 27.9 Å². The number of halogens is 2. The molecule has 0 saturated carbocycles. The van der Waals surface area contributed by atoms with Crippen molar-refractivity contribution in [3.8, 4) is 11.6 Å². The first-order chi connectivity index (χ1) is 8.58. The Morgan fingerprint density at radius 2 is 2.00 bits per heavy atom. The predicted molar refractivity (Wildman–Crippen MR) is 70.9 cm³/mol. The maximum atomic E-state index is 10.6. The van der Waals surface area contributed by atoms with Crippen LogP contribution in [0.1, 0.15) is 16.1 Å². The van der Waals surface area contributed by atoms with Gasteiger partial charge in [0.15, 0.2) is 6.29 Å². The van der Waals surface area contributed by atoms with E-state index >= 15 is 0 Å². The number of ether oxygens (including phenoxy) is 1. The molecule has 1 aromatic carbocycles. The number of benzene rings is 1. The molecular weight excluding hydrogens is 273 g/mol. The van der Waals surface area contributed by atoms with Crippen LogP contribution in [0.25, 0.3) is 0 Å². The molecule has 5 heteroatoms. The third-order valence-electron chi connectivity index (χ3n) is 2.22. The highest BCUT2D eigenvalue weighted by Gasteiger charge is 2.05. The Morgan fingerprint density at radius 3 is 2.61 bits per heavy atom. The zero-order valence-corrected chi connectivity index (χ0v) is 11.0. The molecular formula is C13H9Cl2NO2. The summed E-state index contributed by atoms with van der Waals surface area (Å²) in [7, 11) is 0. The second-order valence-electron chi connectivity index (χ2n) is 3.67. The molecule has 0 fully saturated rings. The number of carbonyl (C=O) groups excluding carboxylic acids is 1. The van der Waals surface area contributed by atoms with E-state index in [1.54, 1.807) is 30.3 Å². The minimum atomic E-state index is 0.334. The van der Waals surface area contributed by atoms with Crippen LogP contribution in [0.2, 0.25) is 10.0 Å². The average molecular weight is 282 g/mol. The standard InChI is InChI=1S/C13H9Cl2NO2/c1-8-4-10(14)5-13(16-8)18-11-3-2-9(7-17)12(15)6-11/h2-7H,1H3. The molecule has 0 bridgehead atoms. The Labute approximate surface area is 114 Å². The van der Waals surface area contributed by atoms with Crippen LogP contribution >= 0.6 is 23.2 Å². The summed E-state index contributed by atoms with van der Waals surface area (Å²) in [4.78, 5) is 14.8. The van der Waals surface area contributed by atoms with Gasteiger partial charge in [-0.2, -0.15) is 0 Å². The molecule has 92 valence electrons. The number of aldehydes is 1. The Hall–Kier alpha value is -1.58. The molecule has 0 aliphatic rings. The summed E-state index contributed by atoms with van der Waals surface area (Å²) in [5, 5.41) is 0.884. The molecule has 3 nitrogen and oxygen atoms in total. The third kappa shape index (κ3) is 3.00. The molecule has 2 rings (SSSR count). The van der Waals surface area contributed by atoms with Gasteiger partial charge in [-0.15, -0.1) is 0 Å². The first-order valence-corrected chi connectivity index (χ1v) is 5.91. The van der Waals surface area contributed by atoms with E-state index in [1.807, 2.05) is 6.92 Å². The fraction of sp³-hybridized carbons (Fsp3) is 0.0769. The van der Waals surface area contributed by atoms with Crippen molar-refractivity contribution in [2.45, 2.75) is 6.92 Å². The molecule has 0 radical (unpaired) electrons. The Morgan fingerprint density at radius 1 is 1.22 bits per heavy atom. The van der Waals surface area contributed by atoms with Crippen molar-refractivity contribution in [1.29, 1.82) is 0 Å². The van der Waals surface area contributed by atoms with Gasteiger partial charge in [0.2, 0.25) is 5.88 Å². The van der Waals surface area contributed by atoms with Gasteiger partial charge in [0.05, 0.1) is 5.02 Å². The van der Waals surface area contributed by atoms with Gasteiger partial charge in [0, 0.05) is 28.4 Å². The van der Waals surface area contributed by atoms with Crippen LogP contribution in [0.5, 0.6) is 11.6 Å². The smallest absolute Gasteiger partial charge is 0.220 e. The number of rotatable bonds is 3. The molecule has 18 heavy (non-hydrogen) atoms.